The zero-order valence-corrected chi connectivity index (χ0v) is 27.4. The Morgan fingerprint density at radius 1 is 1.00 bits per heavy atom. The molecule has 0 aliphatic carbocycles. The maximum Gasteiger partial charge on any atom is 0.320 e. The maximum atomic E-state index is 14.1. The molecule has 0 saturated carbocycles. The number of ether oxygens (including phenoxy) is 1. The predicted octanol–water partition coefficient (Wildman–Crippen LogP) is 6.95. The Labute approximate surface area is 269 Å². The zero-order chi connectivity index (χ0) is 32.3. The number of benzene rings is 3. The van der Waals surface area contributed by atoms with E-state index in [4.69, 9.17) is 26.3 Å². The van der Waals surface area contributed by atoms with Gasteiger partial charge in [0.1, 0.15) is 17.2 Å². The summed E-state index contributed by atoms with van der Waals surface area (Å²) in [6.07, 6.45) is 1.99. The number of imidazole rings is 1. The van der Waals surface area contributed by atoms with Crippen LogP contribution in [-0.2, 0) is 22.6 Å². The molecule has 0 aliphatic rings. The molecule has 1 unspecified atom stereocenters. The van der Waals surface area contributed by atoms with Crippen LogP contribution >= 0.6 is 11.6 Å². The van der Waals surface area contributed by atoms with Crippen LogP contribution in [0.25, 0.3) is 22.3 Å². The number of halogens is 1. The molecule has 8 nitrogen and oxygen atoms in total. The number of aryl methyl sites for hydroxylation is 1. The normalized spacial score (nSPS) is 12.5. The molecule has 0 fully saturated rings. The van der Waals surface area contributed by atoms with E-state index in [1.165, 1.54) is 0 Å². The molecule has 1 N–H and O–H groups in total. The summed E-state index contributed by atoms with van der Waals surface area (Å²) >= 11 is 6.38. The average Bonchev–Trinajstić information content (AvgIpc) is 3.38. The number of carbonyl (C=O) groups excluding carboxylic acids is 1. The molecule has 0 spiro atoms. The van der Waals surface area contributed by atoms with Gasteiger partial charge in [-0.3, -0.25) is 14.2 Å². The summed E-state index contributed by atoms with van der Waals surface area (Å²) in [6, 6.07) is 23.0. The lowest BCUT2D eigenvalue weighted by Crippen LogP contribution is -2.32. The summed E-state index contributed by atoms with van der Waals surface area (Å²) in [5.74, 6) is 1.06. The van der Waals surface area contributed by atoms with Gasteiger partial charge in [-0.2, -0.15) is 0 Å². The third kappa shape index (κ3) is 7.70. The number of rotatable bonds is 10. The first-order chi connectivity index (χ1) is 21.4. The van der Waals surface area contributed by atoms with Crippen molar-refractivity contribution in [2.75, 3.05) is 6.54 Å². The van der Waals surface area contributed by atoms with Crippen molar-refractivity contribution in [3.8, 4) is 11.4 Å². The van der Waals surface area contributed by atoms with Gasteiger partial charge in [0.15, 0.2) is 0 Å². The van der Waals surface area contributed by atoms with E-state index in [0.29, 0.717) is 34.8 Å². The van der Waals surface area contributed by atoms with E-state index in [0.717, 1.165) is 28.2 Å². The number of hydrogen-bond acceptors (Lipinski definition) is 6. The summed E-state index contributed by atoms with van der Waals surface area (Å²) in [5, 5.41) is 4.21. The van der Waals surface area contributed by atoms with Gasteiger partial charge in [0.05, 0.1) is 35.7 Å². The van der Waals surface area contributed by atoms with Crippen LogP contribution in [0.2, 0.25) is 5.02 Å². The molecule has 1 atom stereocenters. The Morgan fingerprint density at radius 3 is 2.38 bits per heavy atom. The van der Waals surface area contributed by atoms with Gasteiger partial charge < -0.3 is 14.6 Å². The van der Waals surface area contributed by atoms with E-state index in [9.17, 15) is 9.59 Å². The lowest BCUT2D eigenvalue weighted by atomic mass is 10.0. The minimum atomic E-state index is -0.559. The lowest BCUT2D eigenvalue weighted by molar-refractivity contribution is -0.153. The van der Waals surface area contributed by atoms with Gasteiger partial charge in [0, 0.05) is 23.3 Å². The molecule has 0 saturated heterocycles. The Hall–Kier alpha value is -4.27. The van der Waals surface area contributed by atoms with Crippen molar-refractivity contribution in [3.63, 3.8) is 0 Å². The van der Waals surface area contributed by atoms with E-state index in [1.54, 1.807) is 22.8 Å². The summed E-state index contributed by atoms with van der Waals surface area (Å²) in [4.78, 5) is 36.6. The van der Waals surface area contributed by atoms with Gasteiger partial charge in [-0.05, 0) is 57.4 Å². The first-order valence-corrected chi connectivity index (χ1v) is 15.6. The number of esters is 1. The molecule has 45 heavy (non-hydrogen) atoms. The van der Waals surface area contributed by atoms with Crippen LogP contribution in [0, 0.1) is 12.8 Å². The summed E-state index contributed by atoms with van der Waals surface area (Å²) in [7, 11) is 0. The summed E-state index contributed by atoms with van der Waals surface area (Å²) in [5.41, 5.74) is 3.68. The molecule has 2 aromatic heterocycles. The van der Waals surface area contributed by atoms with Crippen LogP contribution in [-0.4, -0.2) is 37.2 Å². The second-order valence-corrected chi connectivity index (χ2v) is 13.2. The molecule has 234 valence electrons. The smallest absolute Gasteiger partial charge is 0.320 e. The Bertz CT molecular complexity index is 1850. The first kappa shape index (κ1) is 32.1. The molecule has 0 bridgehead atoms. The van der Waals surface area contributed by atoms with E-state index in [2.05, 4.69) is 35.9 Å². The van der Waals surface area contributed by atoms with E-state index < -0.39 is 5.60 Å². The van der Waals surface area contributed by atoms with E-state index >= 15 is 0 Å². The van der Waals surface area contributed by atoms with Crippen molar-refractivity contribution in [2.24, 2.45) is 5.92 Å². The van der Waals surface area contributed by atoms with Gasteiger partial charge in [-0.1, -0.05) is 85.6 Å². The highest BCUT2D eigenvalue weighted by atomic mass is 35.5. The van der Waals surface area contributed by atoms with Gasteiger partial charge in [-0.25, -0.2) is 9.97 Å². The topological polar surface area (TPSA) is 91.0 Å². The van der Waals surface area contributed by atoms with Crippen LogP contribution in [0.15, 0.2) is 83.8 Å². The fourth-order valence-corrected chi connectivity index (χ4v) is 5.59. The highest BCUT2D eigenvalue weighted by molar-refractivity contribution is 6.31. The third-order valence-corrected chi connectivity index (χ3v) is 7.65. The molecule has 5 rings (SSSR count). The van der Waals surface area contributed by atoms with Crippen molar-refractivity contribution in [1.29, 1.82) is 0 Å². The quantitative estimate of drug-likeness (QED) is 0.169. The number of hydrogen-bond donors (Lipinski definition) is 1. The molecule has 5 aromatic rings. The Morgan fingerprint density at radius 2 is 1.71 bits per heavy atom. The first-order valence-electron chi connectivity index (χ1n) is 15.2. The van der Waals surface area contributed by atoms with Crippen molar-refractivity contribution in [1.82, 2.24) is 24.4 Å². The van der Waals surface area contributed by atoms with Crippen molar-refractivity contribution in [3.05, 3.63) is 117 Å². The largest absolute Gasteiger partial charge is 0.459 e. The Balaban J connectivity index is 1.64. The zero-order valence-electron chi connectivity index (χ0n) is 26.7. The lowest BCUT2D eigenvalue weighted by Gasteiger charge is -2.27. The standard InChI is InChI=1S/C36H40ClN5O3/c1-23(2)32(34-40-30-18-27(37)16-17-29(30)35(44)42(34)21-25-10-8-7-9-11-25)41-22-28(19-38-20-31(43)45-36(4,5)6)39-33(41)26-14-12-24(3)13-15-26/h7-18,22-23,32,38H,19-21H2,1-6H3. The minimum absolute atomic E-state index is 0.0246. The summed E-state index contributed by atoms with van der Waals surface area (Å²) < 4.78 is 9.34. The van der Waals surface area contributed by atoms with Crippen molar-refractivity contribution >= 4 is 28.5 Å². The molecule has 3 aromatic carbocycles. The maximum absolute atomic E-state index is 14.1. The van der Waals surface area contributed by atoms with Crippen molar-refractivity contribution in [2.45, 2.75) is 66.3 Å². The molecule has 0 radical (unpaired) electrons. The molecule has 9 heteroatoms. The van der Waals surface area contributed by atoms with Crippen LogP contribution in [0.3, 0.4) is 0 Å². The van der Waals surface area contributed by atoms with Gasteiger partial charge >= 0.3 is 5.97 Å². The third-order valence-electron chi connectivity index (χ3n) is 7.41. The van der Waals surface area contributed by atoms with Gasteiger partial charge in [-0.15, -0.1) is 0 Å². The number of carbonyl (C=O) groups is 1. The molecule has 2 heterocycles. The van der Waals surface area contributed by atoms with Crippen LogP contribution in [0.4, 0.5) is 0 Å². The van der Waals surface area contributed by atoms with Crippen molar-refractivity contribution < 1.29 is 9.53 Å². The predicted molar refractivity (Wildman–Crippen MR) is 179 cm³/mol. The second kappa shape index (κ2) is 13.4. The van der Waals surface area contributed by atoms with Gasteiger partial charge in [0.2, 0.25) is 0 Å². The Kier molecular flexibility index (Phi) is 9.56. The minimum Gasteiger partial charge on any atom is -0.459 e. The number of nitrogens with zero attached hydrogens (tertiary/aromatic N) is 4. The highest BCUT2D eigenvalue weighted by Gasteiger charge is 2.28. The van der Waals surface area contributed by atoms with Crippen LogP contribution in [0.5, 0.6) is 0 Å². The van der Waals surface area contributed by atoms with Gasteiger partial charge in [0.25, 0.3) is 5.56 Å². The van der Waals surface area contributed by atoms with E-state index in [1.807, 2.05) is 76.4 Å². The molecular weight excluding hydrogens is 586 g/mol. The van der Waals surface area contributed by atoms with E-state index in [-0.39, 0.29) is 30.0 Å². The SMILES string of the molecule is Cc1ccc(-c2nc(CNCC(=O)OC(C)(C)C)cn2C(c2nc3cc(Cl)ccc3c(=O)n2Cc2ccccc2)C(C)C)cc1. The molecule has 0 amide bonds. The monoisotopic (exact) mass is 625 g/mol. The second-order valence-electron chi connectivity index (χ2n) is 12.7. The number of aromatic nitrogens is 4. The highest BCUT2D eigenvalue weighted by Crippen LogP contribution is 2.32. The van der Waals surface area contributed by atoms with Crippen LogP contribution in [0.1, 0.15) is 63.3 Å². The average molecular weight is 626 g/mol. The molecule has 0 aliphatic heterocycles. The molecular formula is C36H40ClN5O3. The van der Waals surface area contributed by atoms with Crippen LogP contribution < -0.4 is 10.9 Å². The summed E-state index contributed by atoms with van der Waals surface area (Å²) in [6.45, 7) is 12.6. The number of nitrogens with one attached hydrogen (secondary N) is 1. The number of fused-ring (bicyclic) bond motifs is 1. The fourth-order valence-electron chi connectivity index (χ4n) is 5.43. The fraction of sp³-hybridized carbons (Fsp3) is 0.333.